The molecule has 1 fully saturated rings. The fourth-order valence-corrected chi connectivity index (χ4v) is 8.20. The zero-order valence-electron chi connectivity index (χ0n) is 31.2. The largest absolute Gasteiger partial charge is 0.508 e. The summed E-state index contributed by atoms with van der Waals surface area (Å²) in [5.74, 6) is -0.254. The predicted octanol–water partition coefficient (Wildman–Crippen LogP) is 8.95. The van der Waals surface area contributed by atoms with Crippen LogP contribution in [-0.4, -0.2) is 50.5 Å². The Morgan fingerprint density at radius 2 is 1.58 bits per heavy atom. The first kappa shape index (κ1) is 37.6. The van der Waals surface area contributed by atoms with Crippen molar-refractivity contribution in [2.75, 3.05) is 7.11 Å². The molecule has 1 saturated carbocycles. The van der Waals surface area contributed by atoms with Gasteiger partial charge in [-0.1, -0.05) is 66.7 Å². The Morgan fingerprint density at radius 3 is 2.36 bits per heavy atom. The summed E-state index contributed by atoms with van der Waals surface area (Å²) in [6, 6.07) is 31.8. The predicted molar refractivity (Wildman–Crippen MR) is 214 cm³/mol. The van der Waals surface area contributed by atoms with Gasteiger partial charge in [-0.25, -0.2) is 0 Å². The van der Waals surface area contributed by atoms with Crippen LogP contribution in [0.4, 0.5) is 0 Å². The Morgan fingerprint density at radius 1 is 0.800 bits per heavy atom. The number of H-pyrrole nitrogens is 1. The molecule has 1 aromatic heterocycles. The summed E-state index contributed by atoms with van der Waals surface area (Å²) in [6.45, 7) is 0. The maximum absolute atomic E-state index is 14.5. The van der Waals surface area contributed by atoms with E-state index in [1.165, 1.54) is 0 Å². The van der Waals surface area contributed by atoms with E-state index in [2.05, 4.69) is 29.2 Å². The van der Waals surface area contributed by atoms with Crippen molar-refractivity contribution >= 4 is 16.6 Å². The molecule has 0 radical (unpaired) electrons. The zero-order valence-corrected chi connectivity index (χ0v) is 31.2. The van der Waals surface area contributed by atoms with Gasteiger partial charge in [0.1, 0.15) is 11.5 Å². The van der Waals surface area contributed by atoms with E-state index in [4.69, 9.17) is 9.47 Å². The van der Waals surface area contributed by atoms with Crippen molar-refractivity contribution in [3.05, 3.63) is 149 Å². The molecule has 1 aliphatic carbocycles. The van der Waals surface area contributed by atoms with Crippen molar-refractivity contribution in [1.29, 1.82) is 0 Å². The molecule has 8 nitrogen and oxygen atoms in total. The first-order chi connectivity index (χ1) is 26.7. The number of hydrogen-bond donors (Lipinski definition) is 5. The van der Waals surface area contributed by atoms with Crippen LogP contribution in [0.5, 0.6) is 28.7 Å². The molecule has 3 atom stereocenters. The molecule has 7 rings (SSSR count). The van der Waals surface area contributed by atoms with Gasteiger partial charge in [0.15, 0.2) is 23.0 Å². The van der Waals surface area contributed by atoms with Crippen molar-refractivity contribution in [3.8, 4) is 28.7 Å². The summed E-state index contributed by atoms with van der Waals surface area (Å²) in [6.07, 6.45) is 8.46. The summed E-state index contributed by atoms with van der Waals surface area (Å²) < 4.78 is 12.0. The summed E-state index contributed by atoms with van der Waals surface area (Å²) in [5, 5.41) is 46.3. The number of aliphatic hydroxyl groups is 1. The number of phenols is 3. The topological polar surface area (TPSA) is 132 Å². The number of aliphatic hydroxyl groups excluding tert-OH is 1. The Hall–Kier alpha value is -5.73. The van der Waals surface area contributed by atoms with Crippen LogP contribution >= 0.6 is 0 Å². The first-order valence-electron chi connectivity index (χ1n) is 19.2. The van der Waals surface area contributed by atoms with E-state index in [1.807, 2.05) is 48.8 Å². The lowest BCUT2D eigenvalue weighted by atomic mass is 9.80. The number of carbonyl (C=O) groups is 1. The molecule has 0 saturated heterocycles. The van der Waals surface area contributed by atoms with Crippen molar-refractivity contribution in [2.24, 2.45) is 5.92 Å². The minimum Gasteiger partial charge on any atom is -0.508 e. The molecule has 5 N–H and O–H groups in total. The highest BCUT2D eigenvalue weighted by Gasteiger charge is 2.30. The SMILES string of the molecule is COc1c(O)ccc(CC(Cc2cc[nH]c2)C(O)CC(=O)C(Cc2ccc(O)c(OC3CCCC3)c2)c2cccc(O)c2)c1Cc1cccc2ccccc12. The van der Waals surface area contributed by atoms with E-state index in [9.17, 15) is 25.2 Å². The molecule has 0 spiro atoms. The minimum absolute atomic E-state index is 0.0411. The normalized spacial score (nSPS) is 14.8. The van der Waals surface area contributed by atoms with Crippen LogP contribution in [0.15, 0.2) is 116 Å². The van der Waals surface area contributed by atoms with Gasteiger partial charge in [-0.05, 0) is 126 Å². The third-order valence-corrected chi connectivity index (χ3v) is 11.1. The number of nitrogens with one attached hydrogen (secondary N) is 1. The van der Waals surface area contributed by atoms with Gasteiger partial charge in [-0.2, -0.15) is 0 Å². The lowest BCUT2D eigenvalue weighted by Gasteiger charge is -2.26. The lowest BCUT2D eigenvalue weighted by Crippen LogP contribution is -2.30. The van der Waals surface area contributed by atoms with Crippen molar-refractivity contribution in [3.63, 3.8) is 0 Å². The van der Waals surface area contributed by atoms with E-state index in [-0.39, 0.29) is 41.5 Å². The number of aromatic amines is 1. The molecule has 0 bridgehead atoms. The monoisotopic (exact) mass is 739 g/mol. The van der Waals surface area contributed by atoms with Crippen LogP contribution in [0.1, 0.15) is 71.4 Å². The highest BCUT2D eigenvalue weighted by atomic mass is 16.5. The fourth-order valence-electron chi connectivity index (χ4n) is 8.20. The number of hydrogen-bond acceptors (Lipinski definition) is 7. The Kier molecular flexibility index (Phi) is 11.7. The second kappa shape index (κ2) is 17.2. The fraction of sp³-hybridized carbons (Fsp3) is 0.298. The van der Waals surface area contributed by atoms with E-state index < -0.39 is 12.0 Å². The molecule has 5 aromatic carbocycles. The van der Waals surface area contributed by atoms with Gasteiger partial charge in [0.05, 0.1) is 19.3 Å². The Labute approximate surface area is 322 Å². The smallest absolute Gasteiger partial charge is 0.164 e. The average Bonchev–Trinajstić information content (AvgIpc) is 3.91. The number of ketones is 1. The molecule has 6 aromatic rings. The number of Topliss-reactive ketones (excluding diaryl/α,β-unsaturated/α-hetero) is 1. The third kappa shape index (κ3) is 8.98. The van der Waals surface area contributed by atoms with Gasteiger partial charge < -0.3 is 34.9 Å². The molecule has 55 heavy (non-hydrogen) atoms. The molecule has 1 heterocycles. The first-order valence-corrected chi connectivity index (χ1v) is 19.2. The number of carbonyl (C=O) groups excluding carboxylic acids is 1. The standard InChI is InChI=1S/C47H49NO7/c1-54-47-41(27-34-10-6-9-32-8-2-5-15-39(32)34)35(17-19-43(47)51)25-36(22-31-20-21-48-29-31)44(52)28-45(53)40(33-11-7-12-37(49)26-33)23-30-16-18-42(50)46(24-30)55-38-13-3-4-14-38/h2,5-12,15-21,24,26,29,36,38,40,44,48-52H,3-4,13-14,22-23,25,27-28H2,1H3. The quantitative estimate of drug-likeness (QED) is 0.0670. The number of fused-ring (bicyclic) bond motifs is 1. The van der Waals surface area contributed by atoms with Crippen LogP contribution in [0.3, 0.4) is 0 Å². The number of benzene rings is 5. The summed E-state index contributed by atoms with van der Waals surface area (Å²) in [7, 11) is 1.55. The minimum atomic E-state index is -1.02. The van der Waals surface area contributed by atoms with Crippen LogP contribution in [0, 0.1) is 5.92 Å². The van der Waals surface area contributed by atoms with E-state index in [0.29, 0.717) is 42.7 Å². The molecule has 3 unspecified atom stereocenters. The molecule has 1 aliphatic rings. The second-order valence-corrected chi connectivity index (χ2v) is 14.9. The van der Waals surface area contributed by atoms with Gasteiger partial charge >= 0.3 is 0 Å². The highest BCUT2D eigenvalue weighted by molar-refractivity contribution is 5.87. The molecule has 0 aliphatic heterocycles. The van der Waals surface area contributed by atoms with E-state index >= 15 is 0 Å². The van der Waals surface area contributed by atoms with Gasteiger partial charge in [-0.15, -0.1) is 0 Å². The van der Waals surface area contributed by atoms with Crippen LogP contribution in [0.2, 0.25) is 0 Å². The number of phenolic OH excluding ortho intramolecular Hbond substituents is 3. The van der Waals surface area contributed by atoms with Crippen molar-refractivity contribution in [1.82, 2.24) is 4.98 Å². The Bertz CT molecular complexity index is 2220. The summed E-state index contributed by atoms with van der Waals surface area (Å²) >= 11 is 0. The number of aromatic hydroxyl groups is 3. The number of ether oxygens (including phenoxy) is 2. The van der Waals surface area contributed by atoms with Crippen LogP contribution in [0.25, 0.3) is 10.8 Å². The Balaban J connectivity index is 1.18. The average molecular weight is 740 g/mol. The molecule has 284 valence electrons. The van der Waals surface area contributed by atoms with Crippen molar-refractivity contribution in [2.45, 2.75) is 75.9 Å². The maximum Gasteiger partial charge on any atom is 0.164 e. The third-order valence-electron chi connectivity index (χ3n) is 11.1. The number of rotatable bonds is 16. The van der Waals surface area contributed by atoms with Crippen molar-refractivity contribution < 1.29 is 34.7 Å². The number of methoxy groups -OCH3 is 1. The van der Waals surface area contributed by atoms with E-state index in [1.54, 1.807) is 49.6 Å². The summed E-state index contributed by atoms with van der Waals surface area (Å²) in [4.78, 5) is 17.6. The molecular formula is C47H49NO7. The molecular weight excluding hydrogens is 691 g/mol. The van der Waals surface area contributed by atoms with Gasteiger partial charge in [0.2, 0.25) is 0 Å². The number of aromatic nitrogens is 1. The highest BCUT2D eigenvalue weighted by Crippen LogP contribution is 2.38. The van der Waals surface area contributed by atoms with Crippen LogP contribution < -0.4 is 9.47 Å². The molecule has 0 amide bonds. The summed E-state index contributed by atoms with van der Waals surface area (Å²) in [5.41, 5.74) is 5.28. The molecule has 8 heteroatoms. The maximum atomic E-state index is 14.5. The second-order valence-electron chi connectivity index (χ2n) is 14.9. The van der Waals surface area contributed by atoms with Gasteiger partial charge in [0, 0.05) is 36.7 Å². The van der Waals surface area contributed by atoms with Gasteiger partial charge in [0.25, 0.3) is 0 Å². The lowest BCUT2D eigenvalue weighted by molar-refractivity contribution is -0.123. The van der Waals surface area contributed by atoms with E-state index in [0.717, 1.165) is 64.3 Å². The zero-order chi connectivity index (χ0) is 38.3. The van der Waals surface area contributed by atoms with Gasteiger partial charge in [-0.3, -0.25) is 4.79 Å². The van der Waals surface area contributed by atoms with Crippen LogP contribution in [-0.2, 0) is 30.5 Å².